The molecular formula is C16H20N2O5. The summed E-state index contributed by atoms with van der Waals surface area (Å²) in [7, 11) is 1.28. The van der Waals surface area contributed by atoms with E-state index in [0.717, 1.165) is 0 Å². The van der Waals surface area contributed by atoms with Gasteiger partial charge in [-0.25, -0.2) is 0 Å². The Morgan fingerprint density at radius 2 is 2.17 bits per heavy atom. The smallest absolute Gasteiger partial charge is 0.306 e. The molecule has 124 valence electrons. The molecule has 2 rings (SSSR count). The number of aromatic nitrogens is 2. The van der Waals surface area contributed by atoms with Crippen LogP contribution in [0.1, 0.15) is 49.3 Å². The molecule has 1 unspecified atom stereocenters. The molecule has 2 aromatic rings. The van der Waals surface area contributed by atoms with E-state index in [2.05, 4.69) is 5.10 Å². The summed E-state index contributed by atoms with van der Waals surface area (Å²) in [6, 6.07) is 1.34. The van der Waals surface area contributed by atoms with Crippen molar-refractivity contribution >= 4 is 5.97 Å². The van der Waals surface area contributed by atoms with E-state index >= 15 is 0 Å². The minimum Gasteiger partial charge on any atom is -0.502 e. The summed E-state index contributed by atoms with van der Waals surface area (Å²) in [5, 5.41) is 14.3. The molecule has 0 radical (unpaired) electrons. The number of hydrogen-bond acceptors (Lipinski definition) is 6. The van der Waals surface area contributed by atoms with Gasteiger partial charge < -0.3 is 14.3 Å². The van der Waals surface area contributed by atoms with Gasteiger partial charge in [-0.3, -0.25) is 14.3 Å². The number of ether oxygens (including phenoxy) is 1. The van der Waals surface area contributed by atoms with Gasteiger partial charge >= 0.3 is 5.97 Å². The maximum atomic E-state index is 11.8. The van der Waals surface area contributed by atoms with Crippen molar-refractivity contribution in [2.75, 3.05) is 7.11 Å². The van der Waals surface area contributed by atoms with Gasteiger partial charge in [0.15, 0.2) is 5.76 Å². The van der Waals surface area contributed by atoms with Crippen LogP contribution in [0.25, 0.3) is 0 Å². The van der Waals surface area contributed by atoms with Crippen LogP contribution in [0.4, 0.5) is 0 Å². The third-order valence-corrected chi connectivity index (χ3v) is 3.54. The second-order valence-corrected chi connectivity index (χ2v) is 5.61. The van der Waals surface area contributed by atoms with Crippen LogP contribution in [-0.2, 0) is 9.53 Å². The zero-order valence-electron chi connectivity index (χ0n) is 13.6. The Kier molecular flexibility index (Phi) is 4.88. The first-order valence-corrected chi connectivity index (χ1v) is 7.28. The highest BCUT2D eigenvalue weighted by molar-refractivity contribution is 5.71. The fourth-order valence-electron chi connectivity index (χ4n) is 2.29. The van der Waals surface area contributed by atoms with Crippen LogP contribution in [0.2, 0.25) is 0 Å². The van der Waals surface area contributed by atoms with E-state index in [-0.39, 0.29) is 18.2 Å². The SMILES string of the molecule is COC(=O)CC(c1cnn(C(C)C)c1)c1oc(C)cc(=O)c1O. The Morgan fingerprint density at radius 1 is 1.48 bits per heavy atom. The first-order valence-electron chi connectivity index (χ1n) is 7.28. The van der Waals surface area contributed by atoms with Gasteiger partial charge in [-0.15, -0.1) is 0 Å². The summed E-state index contributed by atoms with van der Waals surface area (Å²) < 4.78 is 12.0. The lowest BCUT2D eigenvalue weighted by Crippen LogP contribution is -2.13. The quantitative estimate of drug-likeness (QED) is 0.848. The third-order valence-electron chi connectivity index (χ3n) is 3.54. The van der Waals surface area contributed by atoms with Crippen molar-refractivity contribution < 1.29 is 19.1 Å². The molecular weight excluding hydrogens is 300 g/mol. The van der Waals surface area contributed by atoms with Crippen molar-refractivity contribution in [1.29, 1.82) is 0 Å². The zero-order chi connectivity index (χ0) is 17.1. The van der Waals surface area contributed by atoms with E-state index in [9.17, 15) is 14.7 Å². The number of carbonyl (C=O) groups is 1. The van der Waals surface area contributed by atoms with Crippen LogP contribution >= 0.6 is 0 Å². The Labute approximate surface area is 133 Å². The normalized spacial score (nSPS) is 12.4. The second-order valence-electron chi connectivity index (χ2n) is 5.61. The summed E-state index contributed by atoms with van der Waals surface area (Å²) in [5.74, 6) is -1.22. The fraction of sp³-hybridized carbons (Fsp3) is 0.438. The number of nitrogens with zero attached hydrogens (tertiary/aromatic N) is 2. The Morgan fingerprint density at radius 3 is 2.74 bits per heavy atom. The van der Waals surface area contributed by atoms with Gasteiger partial charge in [-0.05, 0) is 20.8 Å². The standard InChI is InChI=1S/C16H20N2O5/c1-9(2)18-8-11(7-17-18)12(6-14(20)22-4)16-15(21)13(19)5-10(3)23-16/h5,7-9,12,21H,6H2,1-4H3. The van der Waals surface area contributed by atoms with Crippen LogP contribution in [0.3, 0.4) is 0 Å². The molecule has 0 bridgehead atoms. The predicted octanol–water partition coefficient (Wildman–Crippen LogP) is 2.13. The summed E-state index contributed by atoms with van der Waals surface area (Å²) >= 11 is 0. The number of aromatic hydroxyl groups is 1. The molecule has 0 aliphatic rings. The molecule has 7 heteroatoms. The van der Waals surface area contributed by atoms with Crippen LogP contribution < -0.4 is 5.43 Å². The molecule has 0 aromatic carbocycles. The van der Waals surface area contributed by atoms with Gasteiger partial charge in [0, 0.05) is 23.9 Å². The molecule has 23 heavy (non-hydrogen) atoms. The molecule has 7 nitrogen and oxygen atoms in total. The molecule has 0 spiro atoms. The van der Waals surface area contributed by atoms with E-state index in [4.69, 9.17) is 9.15 Å². The van der Waals surface area contributed by atoms with Gasteiger partial charge in [0.25, 0.3) is 0 Å². The molecule has 0 saturated heterocycles. The second kappa shape index (κ2) is 6.68. The van der Waals surface area contributed by atoms with Crippen molar-refractivity contribution in [1.82, 2.24) is 9.78 Å². The maximum Gasteiger partial charge on any atom is 0.306 e. The lowest BCUT2D eigenvalue weighted by atomic mass is 9.94. The molecule has 2 heterocycles. The lowest BCUT2D eigenvalue weighted by molar-refractivity contribution is -0.140. The lowest BCUT2D eigenvalue weighted by Gasteiger charge is -2.15. The van der Waals surface area contributed by atoms with E-state index in [0.29, 0.717) is 11.3 Å². The molecule has 0 fully saturated rings. The van der Waals surface area contributed by atoms with Crippen LogP contribution in [0, 0.1) is 6.92 Å². The van der Waals surface area contributed by atoms with Gasteiger partial charge in [-0.1, -0.05) is 0 Å². The van der Waals surface area contributed by atoms with Crippen LogP contribution in [-0.4, -0.2) is 28.0 Å². The highest BCUT2D eigenvalue weighted by atomic mass is 16.5. The summed E-state index contributed by atoms with van der Waals surface area (Å²) in [5.41, 5.74) is 0.114. The minimum absolute atomic E-state index is 0.0451. The maximum absolute atomic E-state index is 11.8. The van der Waals surface area contributed by atoms with Gasteiger partial charge in [0.1, 0.15) is 5.76 Å². The Hall–Kier alpha value is -2.57. The van der Waals surface area contributed by atoms with Gasteiger partial charge in [0.2, 0.25) is 11.2 Å². The molecule has 0 aliphatic heterocycles. The average molecular weight is 320 g/mol. The van der Waals surface area contributed by atoms with Gasteiger partial charge in [0.05, 0.1) is 25.6 Å². The molecule has 0 aliphatic carbocycles. The van der Waals surface area contributed by atoms with E-state index in [1.807, 2.05) is 13.8 Å². The average Bonchev–Trinajstić information content (AvgIpc) is 2.98. The summed E-state index contributed by atoms with van der Waals surface area (Å²) in [6.07, 6.45) is 3.29. The fourth-order valence-corrected chi connectivity index (χ4v) is 2.29. The third kappa shape index (κ3) is 3.61. The zero-order valence-corrected chi connectivity index (χ0v) is 13.6. The minimum atomic E-state index is -0.650. The number of carbonyl (C=O) groups excluding carboxylic acids is 1. The van der Waals surface area contributed by atoms with E-state index < -0.39 is 23.1 Å². The number of esters is 1. The highest BCUT2D eigenvalue weighted by Gasteiger charge is 2.27. The van der Waals surface area contributed by atoms with Crippen molar-refractivity contribution in [2.24, 2.45) is 0 Å². The van der Waals surface area contributed by atoms with Crippen molar-refractivity contribution in [2.45, 2.75) is 39.2 Å². The Bertz CT molecular complexity index is 760. The summed E-state index contributed by atoms with van der Waals surface area (Å²) in [6.45, 7) is 5.55. The molecule has 0 amide bonds. The topological polar surface area (TPSA) is 94.6 Å². The number of hydrogen-bond donors (Lipinski definition) is 1. The monoisotopic (exact) mass is 320 g/mol. The first-order chi connectivity index (χ1) is 10.8. The highest BCUT2D eigenvalue weighted by Crippen LogP contribution is 2.33. The number of aryl methyl sites for hydroxylation is 1. The van der Waals surface area contributed by atoms with Crippen LogP contribution in [0.5, 0.6) is 5.75 Å². The molecule has 0 saturated carbocycles. The largest absolute Gasteiger partial charge is 0.502 e. The Balaban J connectivity index is 2.54. The van der Waals surface area contributed by atoms with E-state index in [1.54, 1.807) is 24.0 Å². The van der Waals surface area contributed by atoms with Crippen LogP contribution in [0.15, 0.2) is 27.7 Å². The van der Waals surface area contributed by atoms with Crippen molar-refractivity contribution in [3.8, 4) is 5.75 Å². The molecule has 1 N–H and O–H groups in total. The number of methoxy groups -OCH3 is 1. The number of rotatable bonds is 5. The van der Waals surface area contributed by atoms with Crippen molar-refractivity contribution in [3.05, 3.63) is 45.8 Å². The van der Waals surface area contributed by atoms with E-state index in [1.165, 1.54) is 13.2 Å². The summed E-state index contributed by atoms with van der Waals surface area (Å²) in [4.78, 5) is 23.6. The first kappa shape index (κ1) is 16.8. The van der Waals surface area contributed by atoms with Crippen molar-refractivity contribution in [3.63, 3.8) is 0 Å². The molecule has 1 atom stereocenters. The van der Waals surface area contributed by atoms with Gasteiger partial charge in [-0.2, -0.15) is 5.10 Å². The predicted molar refractivity (Wildman–Crippen MR) is 82.5 cm³/mol. The molecule has 2 aromatic heterocycles.